The van der Waals surface area contributed by atoms with E-state index in [1.807, 2.05) is 16.7 Å². The lowest BCUT2D eigenvalue weighted by atomic mass is 9.95. The minimum absolute atomic E-state index is 0.0109. The molecule has 1 aliphatic carbocycles. The minimum atomic E-state index is -0.154. The second-order valence-corrected chi connectivity index (χ2v) is 9.19. The van der Waals surface area contributed by atoms with Crippen molar-refractivity contribution in [2.24, 2.45) is 0 Å². The molecule has 184 valence electrons. The van der Waals surface area contributed by atoms with E-state index < -0.39 is 0 Å². The molecule has 0 bridgehead atoms. The number of benzene rings is 1. The van der Waals surface area contributed by atoms with Crippen LogP contribution in [-0.4, -0.2) is 61.8 Å². The summed E-state index contributed by atoms with van der Waals surface area (Å²) in [5.74, 6) is 1.11. The van der Waals surface area contributed by atoms with Crippen molar-refractivity contribution >= 4 is 11.6 Å². The molecular weight excluding hydrogens is 432 g/mol. The summed E-state index contributed by atoms with van der Waals surface area (Å²) in [5.41, 5.74) is 1.86. The Morgan fingerprint density at radius 3 is 2.35 bits per heavy atom. The highest BCUT2D eigenvalue weighted by atomic mass is 16.5. The molecule has 2 heterocycles. The molecule has 1 saturated heterocycles. The lowest BCUT2D eigenvalue weighted by molar-refractivity contribution is -0.122. The van der Waals surface area contributed by atoms with Crippen LogP contribution in [0.25, 0.3) is 0 Å². The number of amides is 1. The van der Waals surface area contributed by atoms with Crippen molar-refractivity contribution < 1.29 is 14.3 Å². The van der Waals surface area contributed by atoms with Gasteiger partial charge in [-0.1, -0.05) is 19.3 Å². The summed E-state index contributed by atoms with van der Waals surface area (Å²) in [4.78, 5) is 29.9. The first-order valence-electron chi connectivity index (χ1n) is 12.2. The summed E-state index contributed by atoms with van der Waals surface area (Å²) in [7, 11) is 3.16. The molecule has 2 aromatic rings. The van der Waals surface area contributed by atoms with Gasteiger partial charge in [-0.15, -0.1) is 0 Å². The number of anilines is 1. The molecule has 1 amide bonds. The number of pyridine rings is 1. The van der Waals surface area contributed by atoms with Crippen LogP contribution in [0.5, 0.6) is 11.5 Å². The second-order valence-electron chi connectivity index (χ2n) is 9.19. The number of nitrogens with zero attached hydrogens (tertiary/aromatic N) is 3. The predicted octanol–water partition coefficient (Wildman–Crippen LogP) is 2.64. The van der Waals surface area contributed by atoms with Gasteiger partial charge < -0.3 is 24.3 Å². The zero-order valence-corrected chi connectivity index (χ0v) is 20.3. The second kappa shape index (κ2) is 11.4. The number of nitrogens with one attached hydrogen (secondary N) is 1. The van der Waals surface area contributed by atoms with Gasteiger partial charge in [-0.3, -0.25) is 14.5 Å². The molecule has 1 aliphatic heterocycles. The van der Waals surface area contributed by atoms with E-state index in [0.29, 0.717) is 6.54 Å². The Bertz CT molecular complexity index is 1010. The maximum absolute atomic E-state index is 12.8. The van der Waals surface area contributed by atoms with Gasteiger partial charge in [0.2, 0.25) is 11.3 Å². The van der Waals surface area contributed by atoms with Crippen molar-refractivity contribution in [2.45, 2.75) is 51.2 Å². The number of aromatic nitrogens is 1. The molecular formula is C26H36N4O4. The number of ether oxygens (including phenoxy) is 2. The number of carbonyl (C=O) groups is 1. The van der Waals surface area contributed by atoms with Gasteiger partial charge >= 0.3 is 0 Å². The topological polar surface area (TPSA) is 76.0 Å². The van der Waals surface area contributed by atoms with Crippen LogP contribution in [0.15, 0.2) is 41.3 Å². The van der Waals surface area contributed by atoms with Gasteiger partial charge in [0.1, 0.15) is 12.3 Å². The molecule has 2 fully saturated rings. The third-order valence-electron chi connectivity index (χ3n) is 6.88. The third-order valence-corrected chi connectivity index (χ3v) is 6.88. The zero-order chi connectivity index (χ0) is 23.9. The molecule has 1 aromatic carbocycles. The van der Waals surface area contributed by atoms with E-state index >= 15 is 0 Å². The van der Waals surface area contributed by atoms with Crippen molar-refractivity contribution in [2.75, 3.05) is 45.3 Å². The third kappa shape index (κ3) is 6.11. The number of methoxy groups -OCH3 is 2. The predicted molar refractivity (Wildman–Crippen MR) is 133 cm³/mol. The van der Waals surface area contributed by atoms with Crippen molar-refractivity contribution in [3.63, 3.8) is 0 Å². The number of rotatable bonds is 8. The van der Waals surface area contributed by atoms with E-state index in [1.54, 1.807) is 19.4 Å². The fraction of sp³-hybridized carbons (Fsp3) is 0.538. The van der Waals surface area contributed by atoms with E-state index in [2.05, 4.69) is 27.2 Å². The molecule has 2 aliphatic rings. The lowest BCUT2D eigenvalue weighted by Gasteiger charge is -2.36. The highest BCUT2D eigenvalue weighted by molar-refractivity contribution is 5.76. The van der Waals surface area contributed by atoms with Crippen LogP contribution < -0.4 is 25.1 Å². The molecule has 8 heteroatoms. The Kier molecular flexibility index (Phi) is 8.11. The fourth-order valence-electron chi connectivity index (χ4n) is 4.89. The standard InChI is InChI=1S/C26H36N4O4/c1-33-23-10-8-21(9-11-23)29-14-12-28(13-15-29)17-22-16-24(31)25(34-2)18-30(22)19-26(32)27-20-6-4-3-5-7-20/h8-11,16,18,20H,3-7,12-15,17,19H2,1-2H3,(H,27,32). The van der Waals surface area contributed by atoms with Crippen LogP contribution >= 0.6 is 0 Å². The molecule has 0 radical (unpaired) electrons. The van der Waals surface area contributed by atoms with Gasteiger partial charge in [-0.2, -0.15) is 0 Å². The summed E-state index contributed by atoms with van der Waals surface area (Å²) in [6, 6.07) is 10.0. The average Bonchev–Trinajstić information content (AvgIpc) is 2.86. The summed E-state index contributed by atoms with van der Waals surface area (Å²) in [6.07, 6.45) is 7.36. The Hall–Kier alpha value is -3.00. The zero-order valence-electron chi connectivity index (χ0n) is 20.3. The van der Waals surface area contributed by atoms with Crippen molar-refractivity contribution in [1.29, 1.82) is 0 Å². The van der Waals surface area contributed by atoms with Crippen molar-refractivity contribution in [3.8, 4) is 11.5 Å². The number of hydrogen-bond acceptors (Lipinski definition) is 6. The molecule has 1 saturated carbocycles. The van der Waals surface area contributed by atoms with Crippen LogP contribution in [0.3, 0.4) is 0 Å². The maximum atomic E-state index is 12.8. The lowest BCUT2D eigenvalue weighted by Crippen LogP contribution is -2.46. The number of hydrogen-bond donors (Lipinski definition) is 1. The van der Waals surface area contributed by atoms with Crippen LogP contribution in [0, 0.1) is 0 Å². The van der Waals surface area contributed by atoms with Gasteiger partial charge in [0.15, 0.2) is 5.75 Å². The van der Waals surface area contributed by atoms with Crippen LogP contribution in [-0.2, 0) is 17.9 Å². The quantitative estimate of drug-likeness (QED) is 0.642. The van der Waals surface area contributed by atoms with Crippen LogP contribution in [0.2, 0.25) is 0 Å². The van der Waals surface area contributed by atoms with Crippen molar-refractivity contribution in [1.82, 2.24) is 14.8 Å². The molecule has 0 atom stereocenters. The van der Waals surface area contributed by atoms with Gasteiger partial charge in [-0.05, 0) is 37.1 Å². The van der Waals surface area contributed by atoms with E-state index in [0.717, 1.165) is 50.5 Å². The van der Waals surface area contributed by atoms with Gasteiger partial charge in [0.05, 0.1) is 20.4 Å². The van der Waals surface area contributed by atoms with E-state index in [1.165, 1.54) is 32.1 Å². The molecule has 0 unspecified atom stereocenters. The largest absolute Gasteiger partial charge is 0.497 e. The van der Waals surface area contributed by atoms with Crippen molar-refractivity contribution in [3.05, 3.63) is 52.4 Å². The summed E-state index contributed by atoms with van der Waals surface area (Å²) in [5, 5.41) is 3.17. The van der Waals surface area contributed by atoms with Gasteiger partial charge in [0, 0.05) is 56.2 Å². The van der Waals surface area contributed by atoms with Gasteiger partial charge in [0.25, 0.3) is 0 Å². The first kappa shape index (κ1) is 24.1. The maximum Gasteiger partial charge on any atom is 0.240 e. The van der Waals surface area contributed by atoms with E-state index in [9.17, 15) is 9.59 Å². The Morgan fingerprint density at radius 1 is 1.00 bits per heavy atom. The van der Waals surface area contributed by atoms with E-state index in [4.69, 9.17) is 9.47 Å². The van der Waals surface area contributed by atoms with Gasteiger partial charge in [-0.25, -0.2) is 0 Å². The highest BCUT2D eigenvalue weighted by Gasteiger charge is 2.21. The first-order valence-corrected chi connectivity index (χ1v) is 12.2. The number of piperazine rings is 1. The fourth-order valence-corrected chi connectivity index (χ4v) is 4.89. The monoisotopic (exact) mass is 468 g/mol. The normalized spacial score (nSPS) is 17.4. The highest BCUT2D eigenvalue weighted by Crippen LogP contribution is 2.21. The van der Waals surface area contributed by atoms with Crippen LogP contribution in [0.4, 0.5) is 5.69 Å². The minimum Gasteiger partial charge on any atom is -0.497 e. The average molecular weight is 469 g/mol. The Balaban J connectivity index is 1.40. The Labute approximate surface area is 201 Å². The smallest absolute Gasteiger partial charge is 0.240 e. The molecule has 8 nitrogen and oxygen atoms in total. The first-order chi connectivity index (χ1) is 16.6. The summed E-state index contributed by atoms with van der Waals surface area (Å²) < 4.78 is 12.4. The molecule has 0 spiro atoms. The molecule has 4 rings (SSSR count). The SMILES string of the molecule is COc1ccc(N2CCN(Cc3cc(=O)c(OC)cn3CC(=O)NC3CCCCC3)CC2)cc1. The Morgan fingerprint density at radius 2 is 1.71 bits per heavy atom. The summed E-state index contributed by atoms with van der Waals surface area (Å²) >= 11 is 0. The molecule has 34 heavy (non-hydrogen) atoms. The molecule has 1 N–H and O–H groups in total. The summed E-state index contributed by atoms with van der Waals surface area (Å²) in [6.45, 7) is 4.35. The van der Waals surface area contributed by atoms with E-state index in [-0.39, 0.29) is 29.7 Å². The van der Waals surface area contributed by atoms with Crippen LogP contribution in [0.1, 0.15) is 37.8 Å². The molecule has 1 aromatic heterocycles. The number of carbonyl (C=O) groups excluding carboxylic acids is 1.